The molecule has 5 nitrogen and oxygen atoms in total. The van der Waals surface area contributed by atoms with Crippen molar-refractivity contribution in [3.05, 3.63) is 0 Å². The van der Waals surface area contributed by atoms with E-state index in [1.807, 2.05) is 33.8 Å². The van der Waals surface area contributed by atoms with Crippen molar-refractivity contribution in [2.75, 3.05) is 13.1 Å². The average molecular weight is 227 g/mol. The summed E-state index contributed by atoms with van der Waals surface area (Å²) in [5.74, 6) is 0. The molecular weight excluding hydrogens is 206 g/mol. The van der Waals surface area contributed by atoms with Crippen LogP contribution in [-0.2, 0) is 4.74 Å². The molecule has 92 valence electrons. The van der Waals surface area contributed by atoms with E-state index in [-0.39, 0.29) is 6.04 Å². The summed E-state index contributed by atoms with van der Waals surface area (Å²) in [6, 6.07) is 2.17. The van der Waals surface area contributed by atoms with Gasteiger partial charge in [0.05, 0.1) is 6.07 Å². The van der Waals surface area contributed by atoms with E-state index in [0.717, 1.165) is 0 Å². The highest BCUT2D eigenvalue weighted by molar-refractivity contribution is 5.67. The first-order chi connectivity index (χ1) is 7.35. The standard InChI is InChI=1S/C11H21N3O2/c1-9(13-7-5-6-12)8-14-10(15)16-11(2,3)4/h9,13H,5,7-8H2,1-4H3,(H,14,15). The van der Waals surface area contributed by atoms with Crippen LogP contribution in [0.15, 0.2) is 0 Å². The zero-order chi connectivity index (χ0) is 12.6. The molecule has 0 saturated carbocycles. The van der Waals surface area contributed by atoms with Crippen LogP contribution < -0.4 is 10.6 Å². The largest absolute Gasteiger partial charge is 0.444 e. The number of hydrogen-bond acceptors (Lipinski definition) is 4. The number of alkyl carbamates (subject to hydrolysis) is 1. The molecule has 0 bridgehead atoms. The maximum absolute atomic E-state index is 11.3. The minimum Gasteiger partial charge on any atom is -0.444 e. The SMILES string of the molecule is CC(CNC(=O)OC(C)(C)C)NCCC#N. The highest BCUT2D eigenvalue weighted by atomic mass is 16.6. The number of nitrogens with zero attached hydrogens (tertiary/aromatic N) is 1. The second-order valence-electron chi connectivity index (χ2n) is 4.65. The molecule has 0 aromatic heterocycles. The summed E-state index contributed by atoms with van der Waals surface area (Å²) in [5, 5.41) is 14.1. The topological polar surface area (TPSA) is 74.2 Å². The third-order valence-electron chi connectivity index (χ3n) is 1.68. The van der Waals surface area contributed by atoms with Crippen LogP contribution in [0.3, 0.4) is 0 Å². The van der Waals surface area contributed by atoms with Gasteiger partial charge in [0.2, 0.25) is 0 Å². The molecule has 1 atom stereocenters. The molecule has 5 heteroatoms. The lowest BCUT2D eigenvalue weighted by Gasteiger charge is -2.21. The Labute approximate surface area is 97.2 Å². The summed E-state index contributed by atoms with van der Waals surface area (Å²) < 4.78 is 5.08. The van der Waals surface area contributed by atoms with Gasteiger partial charge in [-0.25, -0.2) is 4.79 Å². The van der Waals surface area contributed by atoms with Crippen LogP contribution >= 0.6 is 0 Å². The van der Waals surface area contributed by atoms with Gasteiger partial charge < -0.3 is 15.4 Å². The molecule has 0 spiro atoms. The number of hydrogen-bond donors (Lipinski definition) is 2. The van der Waals surface area contributed by atoms with Crippen molar-refractivity contribution in [3.63, 3.8) is 0 Å². The van der Waals surface area contributed by atoms with Crippen molar-refractivity contribution < 1.29 is 9.53 Å². The van der Waals surface area contributed by atoms with Gasteiger partial charge in [0, 0.05) is 25.6 Å². The molecule has 0 aliphatic heterocycles. The molecule has 0 aromatic carbocycles. The second-order valence-corrected chi connectivity index (χ2v) is 4.65. The van der Waals surface area contributed by atoms with Gasteiger partial charge in [0.25, 0.3) is 0 Å². The summed E-state index contributed by atoms with van der Waals surface area (Å²) in [6.07, 6.45) is 0.0537. The minimum atomic E-state index is -0.471. The summed E-state index contributed by atoms with van der Waals surface area (Å²) in [7, 11) is 0. The maximum atomic E-state index is 11.3. The fourth-order valence-electron chi connectivity index (χ4n) is 0.997. The monoisotopic (exact) mass is 227 g/mol. The van der Waals surface area contributed by atoms with Crippen molar-refractivity contribution in [2.45, 2.75) is 45.8 Å². The van der Waals surface area contributed by atoms with Crippen molar-refractivity contribution >= 4 is 6.09 Å². The predicted molar refractivity (Wildman–Crippen MR) is 61.9 cm³/mol. The number of rotatable bonds is 5. The maximum Gasteiger partial charge on any atom is 0.407 e. The van der Waals surface area contributed by atoms with E-state index in [1.165, 1.54) is 0 Å². The third kappa shape index (κ3) is 9.28. The molecule has 0 saturated heterocycles. The zero-order valence-electron chi connectivity index (χ0n) is 10.5. The first kappa shape index (κ1) is 14.7. The Morgan fingerprint density at radius 3 is 2.62 bits per heavy atom. The lowest BCUT2D eigenvalue weighted by molar-refractivity contribution is 0.0523. The summed E-state index contributed by atoms with van der Waals surface area (Å²) in [6.45, 7) is 8.52. The summed E-state index contributed by atoms with van der Waals surface area (Å²) >= 11 is 0. The molecule has 0 aliphatic carbocycles. The Bertz CT molecular complexity index is 253. The zero-order valence-corrected chi connectivity index (χ0v) is 10.5. The molecule has 1 unspecified atom stereocenters. The van der Waals surface area contributed by atoms with Crippen LogP contribution in [0.2, 0.25) is 0 Å². The molecule has 0 aliphatic rings. The van der Waals surface area contributed by atoms with E-state index in [4.69, 9.17) is 10.00 Å². The van der Waals surface area contributed by atoms with Gasteiger partial charge in [-0.05, 0) is 27.7 Å². The fraction of sp³-hybridized carbons (Fsp3) is 0.818. The summed E-state index contributed by atoms with van der Waals surface area (Å²) in [4.78, 5) is 11.3. The van der Waals surface area contributed by atoms with E-state index in [1.54, 1.807) is 0 Å². The van der Waals surface area contributed by atoms with Crippen molar-refractivity contribution in [1.29, 1.82) is 5.26 Å². The Morgan fingerprint density at radius 2 is 2.12 bits per heavy atom. The predicted octanol–water partition coefficient (Wildman–Crippen LogP) is 1.40. The quantitative estimate of drug-likeness (QED) is 0.696. The number of carbonyl (C=O) groups excluding carboxylic acids is 1. The Kier molecular flexibility index (Phi) is 6.50. The molecule has 0 rings (SSSR count). The van der Waals surface area contributed by atoms with E-state index in [0.29, 0.717) is 19.5 Å². The van der Waals surface area contributed by atoms with E-state index in [9.17, 15) is 4.79 Å². The van der Waals surface area contributed by atoms with Crippen molar-refractivity contribution in [3.8, 4) is 6.07 Å². The first-order valence-corrected chi connectivity index (χ1v) is 5.42. The van der Waals surface area contributed by atoms with Crippen molar-refractivity contribution in [2.24, 2.45) is 0 Å². The smallest absolute Gasteiger partial charge is 0.407 e. The lowest BCUT2D eigenvalue weighted by atomic mass is 10.2. The number of nitrogens with one attached hydrogen (secondary N) is 2. The van der Waals surface area contributed by atoms with Gasteiger partial charge in [-0.1, -0.05) is 0 Å². The highest BCUT2D eigenvalue weighted by Gasteiger charge is 2.16. The minimum absolute atomic E-state index is 0.126. The highest BCUT2D eigenvalue weighted by Crippen LogP contribution is 2.06. The van der Waals surface area contributed by atoms with Gasteiger partial charge in [-0.2, -0.15) is 5.26 Å². The van der Waals surface area contributed by atoms with Crippen LogP contribution in [-0.4, -0.2) is 30.8 Å². The van der Waals surface area contributed by atoms with Gasteiger partial charge >= 0.3 is 6.09 Å². The van der Waals surface area contributed by atoms with Crippen LogP contribution in [0.4, 0.5) is 4.79 Å². The van der Waals surface area contributed by atoms with Crippen LogP contribution in [0.25, 0.3) is 0 Å². The van der Waals surface area contributed by atoms with Crippen LogP contribution in [0.1, 0.15) is 34.1 Å². The lowest BCUT2D eigenvalue weighted by Crippen LogP contribution is -2.41. The Balaban J connectivity index is 3.64. The summed E-state index contributed by atoms with van der Waals surface area (Å²) in [5.41, 5.74) is -0.471. The number of amides is 1. The first-order valence-electron chi connectivity index (χ1n) is 5.42. The van der Waals surface area contributed by atoms with E-state index >= 15 is 0 Å². The van der Waals surface area contributed by atoms with Crippen molar-refractivity contribution in [1.82, 2.24) is 10.6 Å². The molecule has 0 fully saturated rings. The Morgan fingerprint density at radius 1 is 1.50 bits per heavy atom. The molecular formula is C11H21N3O2. The number of ether oxygens (including phenoxy) is 1. The number of carbonyl (C=O) groups is 1. The normalized spacial score (nSPS) is 12.7. The molecule has 2 N–H and O–H groups in total. The van der Waals surface area contributed by atoms with Gasteiger partial charge in [0.15, 0.2) is 0 Å². The average Bonchev–Trinajstić information content (AvgIpc) is 2.12. The molecule has 16 heavy (non-hydrogen) atoms. The molecule has 0 heterocycles. The molecule has 0 radical (unpaired) electrons. The van der Waals surface area contributed by atoms with Gasteiger partial charge in [0.1, 0.15) is 5.60 Å². The molecule has 1 amide bonds. The third-order valence-corrected chi connectivity index (χ3v) is 1.68. The Hall–Kier alpha value is -1.28. The van der Waals surface area contributed by atoms with Crippen LogP contribution in [0, 0.1) is 11.3 Å². The van der Waals surface area contributed by atoms with E-state index in [2.05, 4.69) is 10.6 Å². The van der Waals surface area contributed by atoms with Gasteiger partial charge in [-0.15, -0.1) is 0 Å². The van der Waals surface area contributed by atoms with E-state index < -0.39 is 11.7 Å². The van der Waals surface area contributed by atoms with Gasteiger partial charge in [-0.3, -0.25) is 0 Å². The second kappa shape index (κ2) is 7.07. The fourth-order valence-corrected chi connectivity index (χ4v) is 0.997. The molecule has 0 aromatic rings. The number of nitriles is 1. The van der Waals surface area contributed by atoms with Crippen LogP contribution in [0.5, 0.6) is 0 Å².